The van der Waals surface area contributed by atoms with Gasteiger partial charge in [0.25, 0.3) is 0 Å². The molecule has 5 saturated heterocycles. The predicted molar refractivity (Wildman–Crippen MR) is 341 cm³/mol. The van der Waals surface area contributed by atoms with Crippen LogP contribution >= 0.6 is 0 Å². The fourth-order valence-corrected chi connectivity index (χ4v) is 19.2. The number of carboxylic acids is 1. The summed E-state index contributed by atoms with van der Waals surface area (Å²) < 4.78 is 71.9. The second kappa shape index (κ2) is 29.8. The summed E-state index contributed by atoms with van der Waals surface area (Å²) in [6, 6.07) is 6.73. The van der Waals surface area contributed by atoms with Gasteiger partial charge in [-0.2, -0.15) is 0 Å². The number of methoxy groups -OCH3 is 1. The number of carbonyl (C=O) groups is 4. The number of rotatable bonds is 18. The summed E-state index contributed by atoms with van der Waals surface area (Å²) in [4.78, 5) is 55.6. The van der Waals surface area contributed by atoms with Gasteiger partial charge in [0.05, 0.1) is 56.1 Å². The number of carbonyl (C=O) groups excluding carboxylic acids is 3. The van der Waals surface area contributed by atoms with Gasteiger partial charge in [-0.3, -0.25) is 4.79 Å². The molecule has 0 radical (unpaired) electrons. The van der Waals surface area contributed by atoms with Crippen molar-refractivity contribution in [2.75, 3.05) is 20.3 Å². The Morgan fingerprint density at radius 1 is 0.574 bits per heavy atom. The molecule has 15 N–H and O–H groups in total. The van der Waals surface area contributed by atoms with Gasteiger partial charge in [0.2, 0.25) is 6.29 Å². The molecule has 31 heteroatoms. The first-order chi connectivity index (χ1) is 47.5. The molecule has 1 aromatic rings. The third-order valence-electron chi connectivity index (χ3n) is 24.9. The first kappa shape index (κ1) is 77.8. The summed E-state index contributed by atoms with van der Waals surface area (Å²) in [6.45, 7) is 13.5. The normalized spacial score (nSPS) is 49.7. The zero-order valence-electron chi connectivity index (χ0n) is 57.9. The molecule has 10 aliphatic rings. The first-order valence-corrected chi connectivity index (χ1v) is 34.9. The molecule has 1 aromatic carbocycles. The minimum absolute atomic E-state index is 0.130. The minimum atomic E-state index is -2.11. The Morgan fingerprint density at radius 2 is 1.14 bits per heavy atom. The topological polar surface area (TPSA) is 482 Å². The van der Waals surface area contributed by atoms with Crippen LogP contribution in [-0.2, 0) is 71.3 Å². The van der Waals surface area contributed by atoms with Crippen LogP contribution in [-0.4, -0.2) is 287 Å². The molecule has 9 fully saturated rings. The molecule has 36 atom stereocenters. The van der Waals surface area contributed by atoms with Crippen molar-refractivity contribution in [1.82, 2.24) is 0 Å². The van der Waals surface area contributed by atoms with E-state index in [-0.39, 0.29) is 25.2 Å². The van der Waals surface area contributed by atoms with E-state index >= 15 is 4.79 Å². The van der Waals surface area contributed by atoms with Crippen LogP contribution in [0.1, 0.15) is 112 Å². The molecule has 0 spiro atoms. The molecule has 5 aliphatic heterocycles. The van der Waals surface area contributed by atoms with E-state index in [1.165, 1.54) is 27.0 Å². The average molecular weight is 1440 g/mol. The lowest BCUT2D eigenvalue weighted by molar-refractivity contribution is -0.388. The number of aliphatic carboxylic acids is 1. The van der Waals surface area contributed by atoms with Gasteiger partial charge in [-0.05, 0) is 128 Å². The third-order valence-corrected chi connectivity index (χ3v) is 24.9. The number of hydrogen-bond acceptors (Lipinski definition) is 30. The summed E-state index contributed by atoms with van der Waals surface area (Å²) in [5.74, 6) is -5.57. The van der Waals surface area contributed by atoms with Crippen LogP contribution in [0.15, 0.2) is 42.0 Å². The molecule has 0 amide bonds. The first-order valence-electron chi connectivity index (χ1n) is 34.9. The monoisotopic (exact) mass is 1440 g/mol. The van der Waals surface area contributed by atoms with Crippen molar-refractivity contribution in [1.29, 1.82) is 0 Å². The van der Waals surface area contributed by atoms with Crippen molar-refractivity contribution in [3.63, 3.8) is 0 Å². The second-order valence-corrected chi connectivity index (χ2v) is 31.4. The standard InChI is InChI=1S/C70H102O31/c1-28-43(76)48(81)56(98-61-51(84)46(79)44(77)36(25-71)93-61)63(91-28)100-58-53(86)54(96-41(75)17-12-30-10-13-31(90-9)14-11-30)29(2)92-64(58)101-60(89)33-23-66(3,4)22-32-34-15-16-39-67(5)20-19-40(68(6,27-73)38(67)18-21-69(39,7)70(34,8)24-35(74)42(32)33)95-65-57(50(83)49(82)55(97-65)59(87)88)99-62-52(85)47(80)45(78)37(26-72)94-62/h10-15,17,27-29,32-33,35-40,42-58,61-65,71-72,74,76-86H,16,18-26H2,1-9H3,(H,87,88)/b17-12+/t28-,29-,32?,33+,35+,36+,37+,38?,39?,40-,42?,43-,44+,45-,46-,47-,48+,49-,50-,51+,52+,53+,54+,55-,56+,57+,58-,61-,62-,63-,64+,65+,67-,68-,69+,70+/m0/s1. The maximum Gasteiger partial charge on any atom is 0.335 e. The molecule has 0 aromatic heterocycles. The Labute approximate surface area is 583 Å². The van der Waals surface area contributed by atoms with Gasteiger partial charge < -0.3 is 138 Å². The number of allylic oxidation sites excluding steroid dienone is 2. The van der Waals surface area contributed by atoms with Gasteiger partial charge in [-0.1, -0.05) is 65.3 Å². The van der Waals surface area contributed by atoms with E-state index in [0.29, 0.717) is 43.4 Å². The van der Waals surface area contributed by atoms with Gasteiger partial charge >= 0.3 is 17.9 Å². The Balaban J connectivity index is 0.853. The van der Waals surface area contributed by atoms with Crippen LogP contribution in [0, 0.1) is 56.7 Å². The Bertz CT molecular complexity index is 3150. The molecular weight excluding hydrogens is 1340 g/mol. The summed E-state index contributed by atoms with van der Waals surface area (Å²) in [6.07, 6.45) is -38.5. The lowest BCUT2D eigenvalue weighted by Gasteiger charge is -2.71. The summed E-state index contributed by atoms with van der Waals surface area (Å²) in [5, 5.41) is 165. The van der Waals surface area contributed by atoms with Gasteiger partial charge in [-0.15, -0.1) is 0 Å². The van der Waals surface area contributed by atoms with Crippen molar-refractivity contribution < 1.29 is 153 Å². The molecule has 31 nitrogen and oxygen atoms in total. The predicted octanol–water partition coefficient (Wildman–Crippen LogP) is -1.78. The summed E-state index contributed by atoms with van der Waals surface area (Å²) >= 11 is 0. The van der Waals surface area contributed by atoms with Crippen molar-refractivity contribution in [2.24, 2.45) is 56.7 Å². The third kappa shape index (κ3) is 14.0. The minimum Gasteiger partial charge on any atom is -0.497 e. The van der Waals surface area contributed by atoms with E-state index in [4.69, 9.17) is 56.8 Å². The fraction of sp³-hybridized carbons (Fsp3) is 0.800. The molecule has 0 bridgehead atoms. The van der Waals surface area contributed by atoms with Crippen molar-refractivity contribution in [3.05, 3.63) is 47.6 Å². The number of fused-ring (bicyclic) bond motifs is 7. The maximum atomic E-state index is 15.5. The van der Waals surface area contributed by atoms with E-state index in [1.54, 1.807) is 31.2 Å². The highest BCUT2D eigenvalue weighted by Crippen LogP contribution is 2.75. The molecular formula is C70H102O31. The molecule has 5 aliphatic carbocycles. The quantitative estimate of drug-likeness (QED) is 0.0254. The number of aliphatic hydroxyl groups excluding tert-OH is 14. The molecule has 568 valence electrons. The van der Waals surface area contributed by atoms with Crippen molar-refractivity contribution in [3.8, 4) is 5.75 Å². The van der Waals surface area contributed by atoms with E-state index in [1.807, 2.05) is 13.8 Å². The number of aliphatic hydroxyl groups is 14. The molecule has 4 unspecified atom stereocenters. The second-order valence-electron chi connectivity index (χ2n) is 31.4. The van der Waals surface area contributed by atoms with E-state index in [0.717, 1.165) is 17.9 Å². The highest BCUT2D eigenvalue weighted by atomic mass is 16.8. The molecule has 4 saturated carbocycles. The summed E-state index contributed by atoms with van der Waals surface area (Å²) in [7, 11) is 1.50. The van der Waals surface area contributed by atoms with Gasteiger partial charge in [0.15, 0.2) is 43.5 Å². The lowest BCUT2D eigenvalue weighted by Crippen LogP contribution is -2.68. The molecule has 5 heterocycles. The molecule has 101 heavy (non-hydrogen) atoms. The van der Waals surface area contributed by atoms with Crippen LogP contribution < -0.4 is 4.74 Å². The number of benzene rings is 1. The smallest absolute Gasteiger partial charge is 0.335 e. The number of ether oxygens (including phenoxy) is 12. The fourth-order valence-electron chi connectivity index (χ4n) is 19.2. The largest absolute Gasteiger partial charge is 0.497 e. The SMILES string of the molecule is COc1ccc(/C=C/C(=O)O[C@H]2[C@@H](O)[C@H](O[C@@H]3O[C@@H](C)[C@H](O)[C@@H](O)[C@H]3O[C@@H]3O[C@H](CO)[C@@H](O)[C@H](O)[C@H]3O)[C@@H](OC(=O)[C@@H]3CC(C)(C)CC4C5=CCC6[C@@]7(C)CC[C@H](O[C@@H]8O[C@H](C(=O)O)[C@@H](O)[C@H](O)[C@H]8O[C@@H]8O[C@H](CO)[C@H](O)[C@H](O)[C@H]8O)[C@@](C)(C=O)C7CC[C@@]6(C)[C@]5(C)C[C@@H](O)C43)O[C@H]2C)cc1. The molecule has 11 rings (SSSR count). The zero-order chi connectivity index (χ0) is 73.7. The van der Waals surface area contributed by atoms with Crippen LogP contribution in [0.2, 0.25) is 0 Å². The van der Waals surface area contributed by atoms with Crippen molar-refractivity contribution >= 4 is 30.3 Å². The Morgan fingerprint density at radius 3 is 1.71 bits per heavy atom. The van der Waals surface area contributed by atoms with E-state index in [2.05, 4.69) is 26.8 Å². The number of esters is 2. The zero-order valence-corrected chi connectivity index (χ0v) is 57.9. The average Bonchev–Trinajstić information content (AvgIpc) is 0.676. The lowest BCUT2D eigenvalue weighted by atomic mass is 9.34. The highest BCUT2D eigenvalue weighted by Gasteiger charge is 2.71. The number of hydrogen-bond donors (Lipinski definition) is 15. The van der Waals surface area contributed by atoms with Gasteiger partial charge in [-0.25, -0.2) is 9.59 Å². The van der Waals surface area contributed by atoms with Crippen LogP contribution in [0.5, 0.6) is 5.75 Å². The maximum absolute atomic E-state index is 15.5. The van der Waals surface area contributed by atoms with Gasteiger partial charge in [0, 0.05) is 12.0 Å². The Kier molecular flexibility index (Phi) is 22.9. The van der Waals surface area contributed by atoms with E-state index in [9.17, 15) is 91.0 Å². The van der Waals surface area contributed by atoms with Gasteiger partial charge in [0.1, 0.15) is 104 Å². The van der Waals surface area contributed by atoms with Crippen molar-refractivity contribution in [2.45, 2.75) is 272 Å². The van der Waals surface area contributed by atoms with Crippen LogP contribution in [0.25, 0.3) is 6.08 Å². The van der Waals surface area contributed by atoms with Crippen LogP contribution in [0.4, 0.5) is 0 Å². The highest BCUT2D eigenvalue weighted by molar-refractivity contribution is 5.87. The van der Waals surface area contributed by atoms with Crippen LogP contribution in [0.3, 0.4) is 0 Å². The number of aldehydes is 1. The van der Waals surface area contributed by atoms with E-state index < -0.39 is 248 Å². The summed E-state index contributed by atoms with van der Waals surface area (Å²) in [5.41, 5.74) is -2.14. The Hall–Kier alpha value is -4.34. The number of carboxylic acid groups (broad SMARTS) is 1.